The lowest BCUT2D eigenvalue weighted by Crippen LogP contribution is -2.28. The average molecular weight is 684 g/mol. The van der Waals surface area contributed by atoms with E-state index < -0.39 is 5.97 Å². The Kier molecular flexibility index (Phi) is 35.7. The molecule has 0 aliphatic rings. The van der Waals surface area contributed by atoms with Crippen LogP contribution in [0.5, 0.6) is 0 Å². The molecule has 0 radical (unpaired) electrons. The van der Waals surface area contributed by atoms with E-state index in [-0.39, 0.29) is 24.5 Å². The molecule has 0 aromatic rings. The fourth-order valence-electron chi connectivity index (χ4n) is 5.59. The second-order valence-corrected chi connectivity index (χ2v) is 13.2. The number of ether oxygens (including phenoxy) is 1. The monoisotopic (exact) mass is 684 g/mol. The molecule has 6 nitrogen and oxygen atoms in total. The van der Waals surface area contributed by atoms with Gasteiger partial charge in [-0.15, -0.1) is 0 Å². The molecule has 1 unspecified atom stereocenters. The van der Waals surface area contributed by atoms with Crippen molar-refractivity contribution in [3.8, 4) is 0 Å². The number of aliphatic carboxylic acids is 1. The van der Waals surface area contributed by atoms with Crippen LogP contribution in [0, 0.1) is 0 Å². The lowest BCUT2D eigenvalue weighted by molar-refractivity contribution is -0.148. The minimum atomic E-state index is -1.02. The summed E-state index contributed by atoms with van der Waals surface area (Å²) in [6, 6.07) is 0. The summed E-state index contributed by atoms with van der Waals surface area (Å²) >= 11 is 0. The van der Waals surface area contributed by atoms with Crippen molar-refractivity contribution in [3.63, 3.8) is 0 Å². The predicted octanol–water partition coefficient (Wildman–Crippen LogP) is 12.1. The number of carbonyl (C=O) groups excluding carboxylic acids is 2. The summed E-state index contributed by atoms with van der Waals surface area (Å²) in [6.07, 6.45) is 49.2. The minimum absolute atomic E-state index is 0.0276. The normalized spacial score (nSPS) is 12.7. The summed E-state index contributed by atoms with van der Waals surface area (Å²) < 4.78 is 5.95. The smallest absolute Gasteiger partial charge is 0.322 e. The summed E-state index contributed by atoms with van der Waals surface area (Å²) in [5, 5.41) is 11.1. The molecule has 0 aliphatic heterocycles. The second kappa shape index (κ2) is 37.9. The van der Waals surface area contributed by atoms with Crippen LogP contribution in [0.1, 0.15) is 181 Å². The summed E-state index contributed by atoms with van der Waals surface area (Å²) in [4.78, 5) is 34.9. The van der Waals surface area contributed by atoms with Crippen molar-refractivity contribution in [2.45, 2.75) is 187 Å². The van der Waals surface area contributed by atoms with Crippen molar-refractivity contribution in [2.24, 2.45) is 0 Å². The van der Waals surface area contributed by atoms with Crippen LogP contribution < -0.4 is 5.32 Å². The molecule has 6 heteroatoms. The minimum Gasteiger partial charge on any atom is -0.480 e. The first-order chi connectivity index (χ1) is 24.0. The predicted molar refractivity (Wildman–Crippen MR) is 208 cm³/mol. The highest BCUT2D eigenvalue weighted by Crippen LogP contribution is 2.18. The Hall–Kier alpha value is -2.89. The number of hydrogen-bond acceptors (Lipinski definition) is 4. The summed E-state index contributed by atoms with van der Waals surface area (Å²) in [7, 11) is 0. The third-order valence-electron chi connectivity index (χ3n) is 8.49. The largest absolute Gasteiger partial charge is 0.480 e. The van der Waals surface area contributed by atoms with Crippen LogP contribution in [0.15, 0.2) is 60.8 Å². The van der Waals surface area contributed by atoms with Crippen molar-refractivity contribution < 1.29 is 24.2 Å². The van der Waals surface area contributed by atoms with Gasteiger partial charge in [-0.2, -0.15) is 0 Å². The molecule has 1 atom stereocenters. The van der Waals surface area contributed by atoms with Gasteiger partial charge < -0.3 is 15.2 Å². The number of carboxylic acid groups (broad SMARTS) is 1. The maximum Gasteiger partial charge on any atom is 0.322 e. The number of nitrogens with one attached hydrogen (secondary N) is 1. The van der Waals surface area contributed by atoms with E-state index in [1.807, 2.05) is 12.2 Å². The van der Waals surface area contributed by atoms with E-state index in [0.717, 1.165) is 83.5 Å². The van der Waals surface area contributed by atoms with Crippen LogP contribution >= 0.6 is 0 Å². The van der Waals surface area contributed by atoms with E-state index in [9.17, 15) is 14.4 Å². The first kappa shape index (κ1) is 46.1. The van der Waals surface area contributed by atoms with E-state index in [4.69, 9.17) is 9.84 Å². The second-order valence-electron chi connectivity index (χ2n) is 13.2. The molecule has 280 valence electrons. The Morgan fingerprint density at radius 1 is 0.551 bits per heavy atom. The van der Waals surface area contributed by atoms with Gasteiger partial charge in [0.25, 0.3) is 0 Å². The van der Waals surface area contributed by atoms with Gasteiger partial charge in [0.05, 0.1) is 6.42 Å². The van der Waals surface area contributed by atoms with Crippen LogP contribution in [0.2, 0.25) is 0 Å². The summed E-state index contributed by atoms with van der Waals surface area (Å²) in [5.74, 6) is -1.37. The molecular formula is C43H73NO5. The first-order valence-corrected chi connectivity index (χ1v) is 19.9. The Balaban J connectivity index is 4.34. The van der Waals surface area contributed by atoms with Crippen molar-refractivity contribution >= 4 is 17.8 Å². The molecule has 0 aliphatic carbocycles. The van der Waals surface area contributed by atoms with Gasteiger partial charge in [0.2, 0.25) is 5.91 Å². The fourth-order valence-corrected chi connectivity index (χ4v) is 5.59. The molecule has 0 heterocycles. The van der Waals surface area contributed by atoms with Gasteiger partial charge in [-0.25, -0.2) is 0 Å². The van der Waals surface area contributed by atoms with Crippen molar-refractivity contribution in [2.75, 3.05) is 6.54 Å². The third-order valence-corrected chi connectivity index (χ3v) is 8.49. The van der Waals surface area contributed by atoms with E-state index in [1.54, 1.807) is 0 Å². The quantitative estimate of drug-likeness (QED) is 0.0394. The molecule has 0 saturated heterocycles. The lowest BCUT2D eigenvalue weighted by Gasteiger charge is -2.18. The lowest BCUT2D eigenvalue weighted by atomic mass is 10.0. The van der Waals surface area contributed by atoms with Gasteiger partial charge in [0, 0.05) is 6.42 Å². The molecule has 1 amide bonds. The van der Waals surface area contributed by atoms with E-state index >= 15 is 0 Å². The van der Waals surface area contributed by atoms with Crippen LogP contribution in [0.25, 0.3) is 0 Å². The topological polar surface area (TPSA) is 92.7 Å². The number of esters is 1. The first-order valence-electron chi connectivity index (χ1n) is 19.9. The number of hydrogen-bond donors (Lipinski definition) is 2. The summed E-state index contributed by atoms with van der Waals surface area (Å²) in [5.41, 5.74) is 0. The Bertz CT molecular complexity index is 933. The number of unbranched alkanes of at least 4 members (excludes halogenated alkanes) is 15. The SMILES string of the molecule is CC/C=C\C/C=C\C/C=C\C/C=C\C/C=C\CC(=O)OC(CCCCCCCCCCCCCC)CCCCCCCC(=O)NCC(=O)O. The number of carboxylic acids is 1. The van der Waals surface area contributed by atoms with Crippen LogP contribution in [-0.2, 0) is 19.1 Å². The van der Waals surface area contributed by atoms with Crippen LogP contribution in [0.3, 0.4) is 0 Å². The van der Waals surface area contributed by atoms with Gasteiger partial charge in [0.1, 0.15) is 12.6 Å². The van der Waals surface area contributed by atoms with Crippen molar-refractivity contribution in [3.05, 3.63) is 60.8 Å². The molecule has 0 bridgehead atoms. The summed E-state index contributed by atoms with van der Waals surface area (Å²) in [6.45, 7) is 4.09. The Morgan fingerprint density at radius 2 is 0.959 bits per heavy atom. The highest BCUT2D eigenvalue weighted by atomic mass is 16.5. The Morgan fingerprint density at radius 3 is 1.41 bits per heavy atom. The number of allylic oxidation sites excluding steroid dienone is 9. The van der Waals surface area contributed by atoms with E-state index in [1.165, 1.54) is 70.6 Å². The molecule has 0 rings (SSSR count). The number of amides is 1. The van der Waals surface area contributed by atoms with E-state index in [0.29, 0.717) is 12.8 Å². The zero-order valence-electron chi connectivity index (χ0n) is 31.5. The molecule has 0 spiro atoms. The third kappa shape index (κ3) is 37.8. The molecule has 2 N–H and O–H groups in total. The van der Waals surface area contributed by atoms with Crippen molar-refractivity contribution in [1.29, 1.82) is 0 Å². The standard InChI is InChI=1S/C43H73NO5/c1-3-5-7-9-11-13-15-17-18-19-21-23-25-30-34-38-43(48)49-40(35-31-27-24-22-20-16-14-12-10-8-6-4-2)36-32-28-26-29-33-37-41(45)44-39-42(46)47/h5,7,11,13,17-18,21,23,30,34,40H,3-4,6,8-10,12,14-16,19-20,22,24-29,31-33,35-39H2,1-2H3,(H,44,45)(H,46,47)/b7-5-,13-11-,18-17-,23-21-,34-30-. The molecule has 0 aromatic carbocycles. The van der Waals surface area contributed by atoms with Crippen LogP contribution in [-0.4, -0.2) is 35.6 Å². The number of rotatable bonds is 35. The Labute approximate surface area is 301 Å². The molecule has 49 heavy (non-hydrogen) atoms. The average Bonchev–Trinajstić information content (AvgIpc) is 3.08. The maximum atomic E-state index is 12.7. The molecule has 0 saturated carbocycles. The zero-order valence-corrected chi connectivity index (χ0v) is 31.5. The molecule has 0 fully saturated rings. The van der Waals surface area contributed by atoms with Crippen molar-refractivity contribution in [1.82, 2.24) is 5.32 Å². The van der Waals surface area contributed by atoms with Gasteiger partial charge in [-0.1, -0.05) is 164 Å². The van der Waals surface area contributed by atoms with Crippen LogP contribution in [0.4, 0.5) is 0 Å². The maximum absolute atomic E-state index is 12.7. The highest BCUT2D eigenvalue weighted by Gasteiger charge is 2.13. The zero-order chi connectivity index (χ0) is 35.9. The van der Waals surface area contributed by atoms with E-state index in [2.05, 4.69) is 67.8 Å². The highest BCUT2D eigenvalue weighted by molar-refractivity contribution is 5.80. The van der Waals surface area contributed by atoms with Gasteiger partial charge in [0.15, 0.2) is 0 Å². The molecular weight excluding hydrogens is 610 g/mol. The fraction of sp³-hybridized carbons (Fsp3) is 0.698. The van der Waals surface area contributed by atoms with Gasteiger partial charge in [-0.3, -0.25) is 14.4 Å². The molecule has 0 aromatic heterocycles. The van der Waals surface area contributed by atoms with Gasteiger partial charge in [-0.05, 0) is 64.2 Å². The number of carbonyl (C=O) groups is 3. The van der Waals surface area contributed by atoms with Gasteiger partial charge >= 0.3 is 11.9 Å².